The Kier molecular flexibility index (Phi) is 6.82. The average molecular weight is 417 g/mol. The van der Waals surface area contributed by atoms with E-state index in [9.17, 15) is 14.4 Å². The van der Waals surface area contributed by atoms with Crippen LogP contribution in [0.3, 0.4) is 0 Å². The molecule has 1 aliphatic carbocycles. The maximum atomic E-state index is 12.5. The van der Waals surface area contributed by atoms with E-state index in [0.717, 1.165) is 42.5 Å². The van der Waals surface area contributed by atoms with Crippen LogP contribution in [0.1, 0.15) is 58.5 Å². The van der Waals surface area contributed by atoms with E-state index >= 15 is 0 Å². The Morgan fingerprint density at radius 1 is 1.21 bits per heavy atom. The van der Waals surface area contributed by atoms with Crippen molar-refractivity contribution >= 4 is 40.3 Å². The summed E-state index contributed by atoms with van der Waals surface area (Å²) in [6.07, 6.45) is 6.02. The lowest BCUT2D eigenvalue weighted by Crippen LogP contribution is -2.32. The first-order valence-electron chi connectivity index (χ1n) is 9.52. The number of carbonyl (C=O) groups excluding carboxylic acids is 3. The van der Waals surface area contributed by atoms with Crippen molar-refractivity contribution < 1.29 is 23.5 Å². The van der Waals surface area contributed by atoms with Crippen LogP contribution in [-0.4, -0.2) is 30.6 Å². The lowest BCUT2D eigenvalue weighted by molar-refractivity contribution is -0.136. The number of ether oxygens (including phenoxy) is 1. The number of hydrogen-bond donors (Lipinski definition) is 2. The van der Waals surface area contributed by atoms with Crippen LogP contribution in [0.15, 0.2) is 21.7 Å². The summed E-state index contributed by atoms with van der Waals surface area (Å²) in [5.74, 6) is -1.16. The van der Waals surface area contributed by atoms with Gasteiger partial charge in [0.1, 0.15) is 16.5 Å². The topological polar surface area (TPSA) is 110 Å². The highest BCUT2D eigenvalue weighted by Gasteiger charge is 2.27. The third kappa shape index (κ3) is 5.11. The van der Waals surface area contributed by atoms with Crippen LogP contribution in [0, 0.1) is 6.92 Å². The number of esters is 1. The smallest absolute Gasteiger partial charge is 0.341 e. The van der Waals surface area contributed by atoms with Gasteiger partial charge in [0.15, 0.2) is 0 Å². The van der Waals surface area contributed by atoms with E-state index in [0.29, 0.717) is 22.1 Å². The lowest BCUT2D eigenvalue weighted by atomic mass is 10.1. The lowest BCUT2D eigenvalue weighted by Gasteiger charge is -2.08. The zero-order valence-electron chi connectivity index (χ0n) is 16.4. The molecule has 2 N–H and O–H groups in total. The summed E-state index contributed by atoms with van der Waals surface area (Å²) in [4.78, 5) is 37.9. The largest absolute Gasteiger partial charge is 0.462 e. The molecule has 0 saturated heterocycles. The Balaban J connectivity index is 1.72. The summed E-state index contributed by atoms with van der Waals surface area (Å²) in [6.45, 7) is 3.75. The summed E-state index contributed by atoms with van der Waals surface area (Å²) in [5.41, 5.74) is 3.44. The van der Waals surface area contributed by atoms with Gasteiger partial charge >= 0.3 is 17.8 Å². The first-order chi connectivity index (χ1) is 14.0. The molecule has 154 valence electrons. The fourth-order valence-electron chi connectivity index (χ4n) is 3.14. The Morgan fingerprint density at radius 2 is 2.00 bits per heavy atom. The highest BCUT2D eigenvalue weighted by molar-refractivity contribution is 7.17. The molecule has 2 amide bonds. The summed E-state index contributed by atoms with van der Waals surface area (Å²) in [6, 6.07) is 3.45. The van der Waals surface area contributed by atoms with Crippen molar-refractivity contribution in [3.8, 4) is 0 Å². The number of fused-ring (bicyclic) bond motifs is 1. The van der Waals surface area contributed by atoms with Gasteiger partial charge in [-0.25, -0.2) is 10.2 Å². The number of thiophene rings is 1. The molecule has 0 atom stereocenters. The molecule has 0 fully saturated rings. The van der Waals surface area contributed by atoms with Gasteiger partial charge in [0.25, 0.3) is 0 Å². The van der Waals surface area contributed by atoms with Crippen molar-refractivity contribution in [2.45, 2.75) is 46.0 Å². The molecule has 29 heavy (non-hydrogen) atoms. The molecular formula is C20H23N3O5S. The van der Waals surface area contributed by atoms with Crippen LogP contribution in [0.4, 0.5) is 5.00 Å². The van der Waals surface area contributed by atoms with Gasteiger partial charge in [-0.05, 0) is 57.2 Å². The van der Waals surface area contributed by atoms with Gasteiger partial charge in [-0.15, -0.1) is 11.3 Å². The first kappa shape index (κ1) is 20.8. The summed E-state index contributed by atoms with van der Waals surface area (Å²) >= 11 is 1.33. The SMILES string of the molecule is CCOC(=O)c1c(NC(=O)C(=O)N/N=C/c2ccc(C)o2)sc2c1CCCCC2. The average Bonchev–Trinajstić information content (AvgIpc) is 3.17. The third-order valence-electron chi connectivity index (χ3n) is 4.45. The van der Waals surface area contributed by atoms with Crippen molar-refractivity contribution in [2.75, 3.05) is 11.9 Å². The number of rotatable bonds is 5. The van der Waals surface area contributed by atoms with E-state index in [1.165, 1.54) is 17.6 Å². The van der Waals surface area contributed by atoms with Crippen molar-refractivity contribution in [2.24, 2.45) is 5.10 Å². The number of hydrogen-bond acceptors (Lipinski definition) is 7. The maximum Gasteiger partial charge on any atom is 0.341 e. The number of nitrogens with one attached hydrogen (secondary N) is 2. The van der Waals surface area contributed by atoms with E-state index in [4.69, 9.17) is 9.15 Å². The molecule has 0 spiro atoms. The second kappa shape index (κ2) is 9.51. The van der Waals surface area contributed by atoms with Gasteiger partial charge in [0, 0.05) is 4.88 Å². The number of nitrogens with zero attached hydrogens (tertiary/aromatic N) is 1. The molecule has 3 rings (SSSR count). The molecule has 0 saturated carbocycles. The summed E-state index contributed by atoms with van der Waals surface area (Å²) in [7, 11) is 0. The zero-order valence-corrected chi connectivity index (χ0v) is 17.2. The Labute approximate surface area is 172 Å². The molecule has 0 radical (unpaired) electrons. The van der Waals surface area contributed by atoms with Crippen LogP contribution >= 0.6 is 11.3 Å². The number of carbonyl (C=O) groups is 3. The second-order valence-corrected chi connectivity index (χ2v) is 7.70. The molecule has 0 aromatic carbocycles. The van der Waals surface area contributed by atoms with E-state index in [1.54, 1.807) is 26.0 Å². The van der Waals surface area contributed by atoms with Crippen molar-refractivity contribution in [1.29, 1.82) is 0 Å². The van der Waals surface area contributed by atoms with Crippen LogP contribution in [-0.2, 0) is 27.2 Å². The number of hydrazone groups is 1. The molecule has 1 aliphatic rings. The number of aryl methyl sites for hydroxylation is 2. The van der Waals surface area contributed by atoms with Gasteiger partial charge in [-0.3, -0.25) is 9.59 Å². The van der Waals surface area contributed by atoms with E-state index in [2.05, 4.69) is 15.8 Å². The third-order valence-corrected chi connectivity index (χ3v) is 5.66. The minimum atomic E-state index is -0.942. The van der Waals surface area contributed by atoms with Gasteiger partial charge in [-0.1, -0.05) is 6.42 Å². The highest BCUT2D eigenvalue weighted by Crippen LogP contribution is 2.38. The zero-order chi connectivity index (χ0) is 20.8. The maximum absolute atomic E-state index is 12.5. The highest BCUT2D eigenvalue weighted by atomic mass is 32.1. The molecule has 8 nitrogen and oxygen atoms in total. The van der Waals surface area contributed by atoms with Crippen molar-refractivity contribution in [3.63, 3.8) is 0 Å². The molecule has 0 aliphatic heterocycles. The van der Waals surface area contributed by atoms with Crippen LogP contribution in [0.25, 0.3) is 0 Å². The fourth-order valence-corrected chi connectivity index (χ4v) is 4.41. The Morgan fingerprint density at radius 3 is 2.72 bits per heavy atom. The van der Waals surface area contributed by atoms with Gasteiger partial charge in [-0.2, -0.15) is 5.10 Å². The standard InChI is InChI=1S/C20H23N3O5S/c1-3-27-20(26)16-14-7-5-4-6-8-15(14)29-19(16)22-17(24)18(25)23-21-11-13-10-9-12(2)28-13/h9-11H,3-8H2,1-2H3,(H,22,24)(H,23,25)/b21-11+. The Hall–Kier alpha value is -2.94. The molecule has 0 unspecified atom stereocenters. The van der Waals surface area contributed by atoms with Crippen LogP contribution in [0.5, 0.6) is 0 Å². The first-order valence-corrected chi connectivity index (χ1v) is 10.3. The normalized spacial score (nSPS) is 13.6. The minimum Gasteiger partial charge on any atom is -0.462 e. The molecule has 2 aromatic rings. The van der Waals surface area contributed by atoms with Crippen molar-refractivity contribution in [1.82, 2.24) is 5.43 Å². The van der Waals surface area contributed by atoms with Gasteiger partial charge in [0.05, 0.1) is 18.4 Å². The van der Waals surface area contributed by atoms with Crippen LogP contribution < -0.4 is 10.7 Å². The van der Waals surface area contributed by atoms with Gasteiger partial charge in [0.2, 0.25) is 0 Å². The molecule has 2 aromatic heterocycles. The summed E-state index contributed by atoms with van der Waals surface area (Å²) in [5, 5.41) is 6.61. The number of furan rings is 1. The number of amides is 2. The molecule has 9 heteroatoms. The van der Waals surface area contributed by atoms with E-state index < -0.39 is 17.8 Å². The predicted octanol–water partition coefficient (Wildman–Crippen LogP) is 3.18. The fraction of sp³-hybridized carbons (Fsp3) is 0.400. The number of anilines is 1. The molecular weight excluding hydrogens is 394 g/mol. The second-order valence-electron chi connectivity index (χ2n) is 6.59. The van der Waals surface area contributed by atoms with E-state index in [1.807, 2.05) is 0 Å². The van der Waals surface area contributed by atoms with Crippen LogP contribution in [0.2, 0.25) is 0 Å². The monoisotopic (exact) mass is 417 g/mol. The van der Waals surface area contributed by atoms with E-state index in [-0.39, 0.29) is 6.61 Å². The Bertz CT molecular complexity index is 944. The summed E-state index contributed by atoms with van der Waals surface area (Å²) < 4.78 is 10.5. The molecule has 2 heterocycles. The quantitative estimate of drug-likeness (QED) is 0.255. The predicted molar refractivity (Wildman–Crippen MR) is 109 cm³/mol. The van der Waals surface area contributed by atoms with Crippen molar-refractivity contribution in [3.05, 3.63) is 39.7 Å². The molecule has 0 bridgehead atoms. The van der Waals surface area contributed by atoms with Gasteiger partial charge < -0.3 is 14.5 Å². The minimum absolute atomic E-state index is 0.234.